The Hall–Kier alpha value is -1.99. The lowest BCUT2D eigenvalue weighted by molar-refractivity contribution is 0.996. The van der Waals surface area contributed by atoms with Crippen molar-refractivity contribution in [3.05, 3.63) is 58.5 Å². The van der Waals surface area contributed by atoms with Gasteiger partial charge in [0.1, 0.15) is 0 Å². The second-order valence-electron chi connectivity index (χ2n) is 3.02. The topological polar surface area (TPSA) is 48.8 Å². The van der Waals surface area contributed by atoms with Gasteiger partial charge >= 0.3 is 0 Å². The molecular formula is C12H13N3. The van der Waals surface area contributed by atoms with Gasteiger partial charge in [-0.2, -0.15) is 0 Å². The van der Waals surface area contributed by atoms with Crippen molar-refractivity contribution in [2.45, 2.75) is 6.42 Å². The molecule has 0 aromatic heterocycles. The van der Waals surface area contributed by atoms with Crippen LogP contribution in [0.2, 0.25) is 0 Å². The van der Waals surface area contributed by atoms with Gasteiger partial charge in [0.25, 0.3) is 0 Å². The molecule has 0 heterocycles. The van der Waals surface area contributed by atoms with E-state index < -0.39 is 0 Å². The summed E-state index contributed by atoms with van der Waals surface area (Å²) < 4.78 is 0. The summed E-state index contributed by atoms with van der Waals surface area (Å²) in [5.74, 6) is 0. The highest BCUT2D eigenvalue weighted by Gasteiger charge is 1.87. The molecule has 1 aromatic rings. The van der Waals surface area contributed by atoms with Crippen molar-refractivity contribution in [2.24, 2.45) is 5.11 Å². The quantitative estimate of drug-likeness (QED) is 0.297. The molecule has 0 aliphatic carbocycles. The Balaban J connectivity index is 2.55. The molecule has 0 aliphatic rings. The van der Waals surface area contributed by atoms with Gasteiger partial charge in [-0.05, 0) is 29.1 Å². The van der Waals surface area contributed by atoms with Gasteiger partial charge < -0.3 is 0 Å². The van der Waals surface area contributed by atoms with E-state index in [-0.39, 0.29) is 0 Å². The third kappa shape index (κ3) is 4.16. The van der Waals surface area contributed by atoms with E-state index in [1.54, 1.807) is 0 Å². The molecule has 0 fully saturated rings. The molecule has 0 aliphatic heterocycles. The molecule has 0 atom stereocenters. The molecule has 0 bridgehead atoms. The fourth-order valence-corrected chi connectivity index (χ4v) is 1.19. The number of hydrogen-bond acceptors (Lipinski definition) is 1. The number of benzene rings is 1. The van der Waals surface area contributed by atoms with E-state index in [4.69, 9.17) is 5.53 Å². The van der Waals surface area contributed by atoms with Gasteiger partial charge in [-0.15, -0.1) is 0 Å². The largest absolute Gasteiger partial charge is 0.0985 e. The van der Waals surface area contributed by atoms with Crippen molar-refractivity contribution >= 4 is 12.2 Å². The van der Waals surface area contributed by atoms with Gasteiger partial charge in [0.15, 0.2) is 0 Å². The summed E-state index contributed by atoms with van der Waals surface area (Å²) in [6.45, 7) is 4.22. The van der Waals surface area contributed by atoms with Crippen LogP contribution < -0.4 is 0 Å². The van der Waals surface area contributed by atoms with Crippen LogP contribution in [0.15, 0.2) is 42.0 Å². The molecule has 15 heavy (non-hydrogen) atoms. The third-order valence-electron chi connectivity index (χ3n) is 1.92. The maximum absolute atomic E-state index is 8.07. The molecule has 3 nitrogen and oxygen atoms in total. The van der Waals surface area contributed by atoms with Crippen molar-refractivity contribution in [3.8, 4) is 0 Å². The number of nitrogens with zero attached hydrogens (tertiary/aromatic N) is 3. The molecule has 0 saturated carbocycles. The van der Waals surface area contributed by atoms with E-state index in [2.05, 4.69) is 22.7 Å². The van der Waals surface area contributed by atoms with Crippen molar-refractivity contribution in [1.29, 1.82) is 0 Å². The molecule has 3 heteroatoms. The van der Waals surface area contributed by atoms with Crippen molar-refractivity contribution in [2.75, 3.05) is 6.54 Å². The van der Waals surface area contributed by atoms with Crippen LogP contribution in [0.3, 0.4) is 0 Å². The van der Waals surface area contributed by atoms with Crippen molar-refractivity contribution in [1.82, 2.24) is 0 Å². The fourth-order valence-electron chi connectivity index (χ4n) is 1.19. The first kappa shape index (κ1) is 11.1. The Kier molecular flexibility index (Phi) is 4.78. The van der Waals surface area contributed by atoms with E-state index in [9.17, 15) is 0 Å². The highest BCUT2D eigenvalue weighted by atomic mass is 15.1. The highest BCUT2D eigenvalue weighted by molar-refractivity contribution is 5.56. The monoisotopic (exact) mass is 199 g/mol. The average Bonchev–Trinajstić information content (AvgIpc) is 2.29. The van der Waals surface area contributed by atoms with Crippen LogP contribution in [0.5, 0.6) is 0 Å². The van der Waals surface area contributed by atoms with Gasteiger partial charge in [-0.1, -0.05) is 48.1 Å². The SMILES string of the molecule is C=Cc1cccc(C=CCCN=[N+]=[N-])c1. The number of hydrogen-bond donors (Lipinski definition) is 0. The Morgan fingerprint density at radius 1 is 1.40 bits per heavy atom. The molecule has 0 radical (unpaired) electrons. The predicted octanol–water partition coefficient (Wildman–Crippen LogP) is 4.04. The van der Waals surface area contributed by atoms with E-state index in [1.165, 1.54) is 0 Å². The van der Waals surface area contributed by atoms with E-state index >= 15 is 0 Å². The van der Waals surface area contributed by atoms with E-state index in [0.717, 1.165) is 17.5 Å². The lowest BCUT2D eigenvalue weighted by Crippen LogP contribution is -1.76. The van der Waals surface area contributed by atoms with Crippen LogP contribution in [-0.2, 0) is 0 Å². The zero-order valence-electron chi connectivity index (χ0n) is 8.50. The van der Waals surface area contributed by atoms with Crippen LogP contribution >= 0.6 is 0 Å². The normalized spacial score (nSPS) is 9.87. The molecule has 0 saturated heterocycles. The van der Waals surface area contributed by atoms with E-state index in [1.807, 2.05) is 36.4 Å². The summed E-state index contributed by atoms with van der Waals surface area (Å²) in [5, 5.41) is 3.45. The lowest BCUT2D eigenvalue weighted by atomic mass is 10.1. The van der Waals surface area contributed by atoms with Gasteiger partial charge in [-0.25, -0.2) is 0 Å². The van der Waals surface area contributed by atoms with Crippen LogP contribution in [0.25, 0.3) is 22.6 Å². The van der Waals surface area contributed by atoms with E-state index in [0.29, 0.717) is 6.54 Å². The third-order valence-corrected chi connectivity index (χ3v) is 1.92. The second kappa shape index (κ2) is 6.46. The fraction of sp³-hybridized carbons (Fsp3) is 0.167. The molecule has 0 unspecified atom stereocenters. The molecule has 1 aromatic carbocycles. The summed E-state index contributed by atoms with van der Waals surface area (Å²) >= 11 is 0. The van der Waals surface area contributed by atoms with Gasteiger partial charge in [0.05, 0.1) is 0 Å². The Morgan fingerprint density at radius 3 is 2.93 bits per heavy atom. The van der Waals surface area contributed by atoms with Gasteiger partial charge in [0.2, 0.25) is 0 Å². The minimum absolute atomic E-state index is 0.508. The average molecular weight is 199 g/mol. The first-order chi connectivity index (χ1) is 7.36. The molecule has 0 N–H and O–H groups in total. The Bertz CT molecular complexity index is 401. The van der Waals surface area contributed by atoms with Gasteiger partial charge in [-0.3, -0.25) is 0 Å². The van der Waals surface area contributed by atoms with Gasteiger partial charge in [0, 0.05) is 11.5 Å². The molecule has 0 amide bonds. The smallest absolute Gasteiger partial charge is 0.0292 e. The van der Waals surface area contributed by atoms with Crippen LogP contribution in [-0.4, -0.2) is 6.54 Å². The van der Waals surface area contributed by atoms with Crippen LogP contribution in [0.4, 0.5) is 0 Å². The van der Waals surface area contributed by atoms with Crippen molar-refractivity contribution < 1.29 is 0 Å². The van der Waals surface area contributed by atoms with Crippen LogP contribution in [0, 0.1) is 0 Å². The molecule has 1 rings (SSSR count). The molecular weight excluding hydrogens is 186 g/mol. The summed E-state index contributed by atoms with van der Waals surface area (Å²) in [6.07, 6.45) is 6.59. The van der Waals surface area contributed by atoms with Crippen LogP contribution in [0.1, 0.15) is 17.5 Å². The maximum atomic E-state index is 8.07. The lowest BCUT2D eigenvalue weighted by Gasteiger charge is -1.95. The zero-order chi connectivity index (χ0) is 10.9. The van der Waals surface area contributed by atoms with Crippen molar-refractivity contribution in [3.63, 3.8) is 0 Å². The number of azide groups is 1. The predicted molar refractivity (Wildman–Crippen MR) is 64.2 cm³/mol. The molecule has 76 valence electrons. The summed E-state index contributed by atoms with van der Waals surface area (Å²) in [7, 11) is 0. The minimum atomic E-state index is 0.508. The Labute approximate surface area is 89.4 Å². The molecule has 0 spiro atoms. The number of rotatable bonds is 5. The minimum Gasteiger partial charge on any atom is -0.0985 e. The standard InChI is InChI=1S/C12H13N3/c1-2-11-7-5-8-12(10-11)6-3-4-9-14-15-13/h2-3,5-8,10H,1,4,9H2. The summed E-state index contributed by atoms with van der Waals surface area (Å²) in [4.78, 5) is 2.69. The first-order valence-corrected chi connectivity index (χ1v) is 4.76. The summed E-state index contributed by atoms with van der Waals surface area (Å²) in [6, 6.07) is 8.07. The zero-order valence-corrected chi connectivity index (χ0v) is 8.50. The highest BCUT2D eigenvalue weighted by Crippen LogP contribution is 2.08. The second-order valence-corrected chi connectivity index (χ2v) is 3.02. The summed E-state index contributed by atoms with van der Waals surface area (Å²) in [5.41, 5.74) is 10.3. The first-order valence-electron chi connectivity index (χ1n) is 4.76. The Morgan fingerprint density at radius 2 is 2.20 bits per heavy atom. The maximum Gasteiger partial charge on any atom is 0.0292 e.